The van der Waals surface area contributed by atoms with Crippen molar-refractivity contribution < 1.29 is 14.0 Å². The molecule has 2 amide bonds. The molecule has 4 aliphatic rings. The minimum atomic E-state index is -0.600. The molecule has 0 spiro atoms. The second-order valence-corrected chi connectivity index (χ2v) is 8.94. The number of halogens is 1. The molecule has 3 aliphatic carbocycles. The van der Waals surface area contributed by atoms with E-state index in [9.17, 15) is 14.0 Å². The first-order chi connectivity index (χ1) is 14.4. The maximum atomic E-state index is 13.8. The summed E-state index contributed by atoms with van der Waals surface area (Å²) in [5.41, 5.74) is 3.71. The van der Waals surface area contributed by atoms with Crippen molar-refractivity contribution in [1.82, 2.24) is 0 Å². The van der Waals surface area contributed by atoms with Crippen LogP contribution in [0.1, 0.15) is 36.1 Å². The van der Waals surface area contributed by atoms with Gasteiger partial charge in [0.05, 0.1) is 17.5 Å². The minimum Gasteiger partial charge on any atom is -0.274 e. The molecule has 2 atom stereocenters. The summed E-state index contributed by atoms with van der Waals surface area (Å²) in [4.78, 5) is 28.9. The molecule has 1 aliphatic heterocycles. The third-order valence-electron chi connectivity index (χ3n) is 7.73. The van der Waals surface area contributed by atoms with Crippen LogP contribution in [0.4, 0.5) is 10.1 Å². The van der Waals surface area contributed by atoms with E-state index in [4.69, 9.17) is 0 Å². The summed E-state index contributed by atoms with van der Waals surface area (Å²) >= 11 is 0. The van der Waals surface area contributed by atoms with Gasteiger partial charge < -0.3 is 0 Å². The first-order valence-electron chi connectivity index (χ1n) is 10.2. The van der Waals surface area contributed by atoms with Gasteiger partial charge in [-0.1, -0.05) is 62.4 Å². The molecule has 3 aromatic rings. The van der Waals surface area contributed by atoms with Crippen LogP contribution in [0.3, 0.4) is 0 Å². The Hall–Kier alpha value is -3.27. The average molecular weight is 397 g/mol. The van der Waals surface area contributed by atoms with Crippen molar-refractivity contribution >= 4 is 17.5 Å². The summed E-state index contributed by atoms with van der Waals surface area (Å²) in [5, 5.41) is 0. The average Bonchev–Trinajstić information content (AvgIpc) is 3.04. The summed E-state index contributed by atoms with van der Waals surface area (Å²) in [6.07, 6.45) is 0. The van der Waals surface area contributed by atoms with Gasteiger partial charge in [-0.25, -0.2) is 9.29 Å². The van der Waals surface area contributed by atoms with Gasteiger partial charge in [0.15, 0.2) is 0 Å². The summed E-state index contributed by atoms with van der Waals surface area (Å²) in [7, 11) is 0. The SMILES string of the molecule is CC12c3ccccc3C(C)(c3ccccc31)[C@H]1C(=O)N(c3ccc(F)cc3)C(=O)[C@H]12. The Kier molecular flexibility index (Phi) is 3.19. The monoisotopic (exact) mass is 397 g/mol. The smallest absolute Gasteiger partial charge is 0.238 e. The van der Waals surface area contributed by atoms with E-state index in [2.05, 4.69) is 38.1 Å². The zero-order valence-electron chi connectivity index (χ0n) is 16.7. The highest BCUT2D eigenvalue weighted by Crippen LogP contribution is 2.66. The summed E-state index contributed by atoms with van der Waals surface area (Å²) in [6.45, 7) is 4.20. The molecule has 4 heteroatoms. The van der Waals surface area contributed by atoms with E-state index in [0.717, 1.165) is 22.3 Å². The first-order valence-corrected chi connectivity index (χ1v) is 10.2. The van der Waals surface area contributed by atoms with Gasteiger partial charge in [-0.15, -0.1) is 0 Å². The van der Waals surface area contributed by atoms with Gasteiger partial charge in [-0.3, -0.25) is 9.59 Å². The van der Waals surface area contributed by atoms with Gasteiger partial charge >= 0.3 is 0 Å². The fourth-order valence-electron chi connectivity index (χ4n) is 6.42. The Labute approximate surface area is 174 Å². The molecule has 1 heterocycles. The highest BCUT2D eigenvalue weighted by Gasteiger charge is 2.70. The molecule has 30 heavy (non-hydrogen) atoms. The molecule has 1 fully saturated rings. The number of benzene rings is 3. The van der Waals surface area contributed by atoms with Crippen LogP contribution in [-0.2, 0) is 20.4 Å². The quantitative estimate of drug-likeness (QED) is 0.564. The number of nitrogens with zero attached hydrogens (tertiary/aromatic N) is 1. The third-order valence-corrected chi connectivity index (χ3v) is 7.73. The molecule has 3 aromatic carbocycles. The fourth-order valence-corrected chi connectivity index (χ4v) is 6.42. The Morgan fingerprint density at radius 1 is 0.667 bits per heavy atom. The predicted octanol–water partition coefficient (Wildman–Crippen LogP) is 4.57. The lowest BCUT2D eigenvalue weighted by Crippen LogP contribution is -2.59. The van der Waals surface area contributed by atoms with Gasteiger partial charge in [0.2, 0.25) is 11.8 Å². The molecule has 7 rings (SSSR count). The first kappa shape index (κ1) is 17.6. The van der Waals surface area contributed by atoms with Crippen LogP contribution in [0.15, 0.2) is 72.8 Å². The van der Waals surface area contributed by atoms with Gasteiger partial charge in [0.1, 0.15) is 5.82 Å². The second kappa shape index (κ2) is 5.45. The zero-order chi connectivity index (χ0) is 20.8. The van der Waals surface area contributed by atoms with Crippen molar-refractivity contribution in [1.29, 1.82) is 0 Å². The van der Waals surface area contributed by atoms with Gasteiger partial charge in [-0.05, 0) is 46.5 Å². The second-order valence-electron chi connectivity index (χ2n) is 8.94. The molecule has 0 unspecified atom stereocenters. The molecular weight excluding hydrogens is 377 g/mol. The molecular formula is C26H20FNO2. The van der Waals surface area contributed by atoms with Gasteiger partial charge in [-0.2, -0.15) is 0 Å². The van der Waals surface area contributed by atoms with Crippen LogP contribution in [-0.4, -0.2) is 11.8 Å². The maximum Gasteiger partial charge on any atom is 0.238 e. The van der Waals surface area contributed by atoms with Crippen molar-refractivity contribution in [2.45, 2.75) is 24.7 Å². The van der Waals surface area contributed by atoms with Crippen LogP contribution in [0.25, 0.3) is 0 Å². The van der Waals surface area contributed by atoms with Crippen molar-refractivity contribution in [2.75, 3.05) is 4.90 Å². The highest BCUT2D eigenvalue weighted by molar-refractivity contribution is 6.24. The van der Waals surface area contributed by atoms with E-state index >= 15 is 0 Å². The number of rotatable bonds is 1. The lowest BCUT2D eigenvalue weighted by Gasteiger charge is -2.57. The van der Waals surface area contributed by atoms with Crippen molar-refractivity contribution in [3.8, 4) is 0 Å². The topological polar surface area (TPSA) is 37.4 Å². The van der Waals surface area contributed by atoms with Crippen LogP contribution >= 0.6 is 0 Å². The van der Waals surface area contributed by atoms with E-state index in [1.165, 1.54) is 29.2 Å². The molecule has 3 nitrogen and oxygen atoms in total. The van der Waals surface area contributed by atoms with E-state index in [-0.39, 0.29) is 11.8 Å². The van der Waals surface area contributed by atoms with E-state index < -0.39 is 28.5 Å². The number of imide groups is 1. The van der Waals surface area contributed by atoms with E-state index in [0.29, 0.717) is 5.69 Å². The molecule has 0 N–H and O–H groups in total. The number of amides is 2. The molecule has 0 saturated carbocycles. The summed E-state index contributed by atoms with van der Waals surface area (Å²) < 4.78 is 13.5. The van der Waals surface area contributed by atoms with Crippen molar-refractivity contribution in [3.63, 3.8) is 0 Å². The van der Waals surface area contributed by atoms with Crippen molar-refractivity contribution in [2.24, 2.45) is 11.8 Å². The van der Waals surface area contributed by atoms with Gasteiger partial charge in [0, 0.05) is 10.8 Å². The number of hydrogen-bond acceptors (Lipinski definition) is 2. The minimum absolute atomic E-state index is 0.200. The lowest BCUT2D eigenvalue weighted by atomic mass is 9.42. The number of hydrogen-bond donors (Lipinski definition) is 0. The Morgan fingerprint density at radius 2 is 1.03 bits per heavy atom. The molecule has 0 aromatic heterocycles. The van der Waals surface area contributed by atoms with Crippen LogP contribution in [0.5, 0.6) is 0 Å². The van der Waals surface area contributed by atoms with Crippen LogP contribution in [0, 0.1) is 17.7 Å². The van der Waals surface area contributed by atoms with E-state index in [1.807, 2.05) is 24.3 Å². The molecule has 0 radical (unpaired) electrons. The lowest BCUT2D eigenvalue weighted by molar-refractivity contribution is -0.124. The zero-order valence-corrected chi connectivity index (χ0v) is 16.7. The maximum absolute atomic E-state index is 13.8. The van der Waals surface area contributed by atoms with Crippen molar-refractivity contribution in [3.05, 3.63) is 101 Å². The van der Waals surface area contributed by atoms with E-state index in [1.54, 1.807) is 0 Å². The molecule has 1 saturated heterocycles. The normalized spacial score (nSPS) is 30.8. The standard InChI is InChI=1S/C26H20FNO2/c1-25-17-7-3-5-9-19(17)26(2,20-10-6-4-8-18(20)25)22-21(25)23(29)28(24(22)30)16-13-11-15(27)12-14-16/h3-14,21-22H,1-2H3/t21-,22+,25?,26?. The fraction of sp³-hybridized carbons (Fsp3) is 0.231. The summed E-state index contributed by atoms with van der Waals surface area (Å²) in [6, 6.07) is 22.0. The molecule has 148 valence electrons. The highest BCUT2D eigenvalue weighted by atomic mass is 19.1. The largest absolute Gasteiger partial charge is 0.274 e. The summed E-state index contributed by atoms with van der Waals surface area (Å²) in [5.74, 6) is -1.78. The van der Waals surface area contributed by atoms with Crippen LogP contribution in [0.2, 0.25) is 0 Å². The predicted molar refractivity (Wildman–Crippen MR) is 112 cm³/mol. The Bertz CT molecular complexity index is 1120. The Balaban J connectivity index is 1.66. The van der Waals surface area contributed by atoms with Gasteiger partial charge in [0.25, 0.3) is 0 Å². The Morgan fingerprint density at radius 3 is 1.40 bits per heavy atom. The number of carbonyl (C=O) groups is 2. The van der Waals surface area contributed by atoms with Crippen LogP contribution < -0.4 is 4.90 Å². The number of anilines is 1. The third kappa shape index (κ3) is 1.77. The number of carbonyl (C=O) groups excluding carboxylic acids is 2. The molecule has 2 bridgehead atoms.